The van der Waals surface area contributed by atoms with E-state index in [0.29, 0.717) is 6.54 Å². The average Bonchev–Trinajstić information content (AvgIpc) is 2.89. The summed E-state index contributed by atoms with van der Waals surface area (Å²) in [5.74, 6) is -1.19. The minimum absolute atomic E-state index is 0.0430. The summed E-state index contributed by atoms with van der Waals surface area (Å²) in [5.41, 5.74) is 1.04. The fraction of sp³-hybridized carbons (Fsp3) is 0.471. The highest BCUT2D eigenvalue weighted by Gasteiger charge is 2.37. The first-order valence-electron chi connectivity index (χ1n) is 7.55. The molecule has 2 atom stereocenters. The molecular weight excluding hydrogens is 282 g/mol. The zero-order chi connectivity index (χ0) is 16.1. The largest absolute Gasteiger partial charge is 0.466 e. The SMILES string of the molecule is CCOC(=O)CC(=O)[C@H]1CC(=O)N([C@H](C)c2ccccc2)C1. The molecule has 5 heteroatoms. The number of amides is 1. The number of Topliss-reactive ketones (excluding diaryl/α,β-unsaturated/α-hetero) is 1. The van der Waals surface area contributed by atoms with Gasteiger partial charge in [0.1, 0.15) is 12.2 Å². The van der Waals surface area contributed by atoms with Gasteiger partial charge >= 0.3 is 5.97 Å². The van der Waals surface area contributed by atoms with Gasteiger partial charge in [0.05, 0.1) is 12.6 Å². The molecule has 2 rings (SSSR count). The summed E-state index contributed by atoms with van der Waals surface area (Å²) in [6, 6.07) is 9.63. The van der Waals surface area contributed by atoms with E-state index in [1.165, 1.54) is 0 Å². The lowest BCUT2D eigenvalue weighted by molar-refractivity contribution is -0.146. The molecule has 1 aliphatic rings. The lowest BCUT2D eigenvalue weighted by Crippen LogP contribution is -2.29. The van der Waals surface area contributed by atoms with Crippen LogP contribution in [0.25, 0.3) is 0 Å². The van der Waals surface area contributed by atoms with Crippen molar-refractivity contribution in [3.63, 3.8) is 0 Å². The van der Waals surface area contributed by atoms with Crippen molar-refractivity contribution in [3.05, 3.63) is 35.9 Å². The number of rotatable bonds is 6. The summed E-state index contributed by atoms with van der Waals surface area (Å²) >= 11 is 0. The van der Waals surface area contributed by atoms with Crippen molar-refractivity contribution in [1.82, 2.24) is 4.90 Å². The first-order chi connectivity index (χ1) is 10.5. The number of nitrogens with zero attached hydrogens (tertiary/aromatic N) is 1. The number of hydrogen-bond donors (Lipinski definition) is 0. The molecule has 0 N–H and O–H groups in total. The number of ether oxygens (including phenoxy) is 1. The van der Waals surface area contributed by atoms with E-state index < -0.39 is 11.9 Å². The molecule has 118 valence electrons. The van der Waals surface area contributed by atoms with Gasteiger partial charge in [0.2, 0.25) is 5.91 Å². The second-order valence-corrected chi connectivity index (χ2v) is 5.48. The number of esters is 1. The quantitative estimate of drug-likeness (QED) is 0.596. The Kier molecular flexibility index (Phi) is 5.31. The first kappa shape index (κ1) is 16.2. The third-order valence-electron chi connectivity index (χ3n) is 3.99. The van der Waals surface area contributed by atoms with E-state index >= 15 is 0 Å². The third kappa shape index (κ3) is 3.72. The predicted octanol–water partition coefficient (Wildman–Crippen LogP) is 2.12. The number of ketones is 1. The molecule has 0 spiro atoms. The molecule has 0 aliphatic carbocycles. The Morgan fingerprint density at radius 1 is 1.32 bits per heavy atom. The van der Waals surface area contributed by atoms with Gasteiger partial charge in [0, 0.05) is 18.9 Å². The fourth-order valence-electron chi connectivity index (χ4n) is 2.73. The minimum atomic E-state index is -0.519. The monoisotopic (exact) mass is 303 g/mol. The lowest BCUT2D eigenvalue weighted by Gasteiger charge is -2.25. The summed E-state index contributed by atoms with van der Waals surface area (Å²) in [6.07, 6.45) is -0.0746. The van der Waals surface area contributed by atoms with E-state index in [-0.39, 0.29) is 37.2 Å². The lowest BCUT2D eigenvalue weighted by atomic mass is 10.0. The van der Waals surface area contributed by atoms with Crippen LogP contribution in [-0.4, -0.2) is 35.7 Å². The molecular formula is C17H21NO4. The molecule has 1 saturated heterocycles. The third-order valence-corrected chi connectivity index (χ3v) is 3.99. The van der Waals surface area contributed by atoms with Crippen LogP contribution in [0, 0.1) is 5.92 Å². The Morgan fingerprint density at radius 3 is 2.64 bits per heavy atom. The van der Waals surface area contributed by atoms with Crippen molar-refractivity contribution in [3.8, 4) is 0 Å². The number of hydrogen-bond acceptors (Lipinski definition) is 4. The molecule has 0 aromatic heterocycles. The molecule has 0 unspecified atom stereocenters. The highest BCUT2D eigenvalue weighted by molar-refractivity contribution is 5.99. The molecule has 1 aromatic carbocycles. The van der Waals surface area contributed by atoms with Crippen LogP contribution >= 0.6 is 0 Å². The molecule has 5 nitrogen and oxygen atoms in total. The summed E-state index contributed by atoms with van der Waals surface area (Å²) < 4.78 is 4.78. The Balaban J connectivity index is 1.98. The molecule has 1 aromatic rings. The van der Waals surface area contributed by atoms with E-state index in [4.69, 9.17) is 4.74 Å². The summed E-state index contributed by atoms with van der Waals surface area (Å²) in [6.45, 7) is 4.27. The molecule has 0 radical (unpaired) electrons. The van der Waals surface area contributed by atoms with Gasteiger partial charge in [-0.1, -0.05) is 30.3 Å². The maximum atomic E-state index is 12.2. The van der Waals surface area contributed by atoms with E-state index in [2.05, 4.69) is 0 Å². The Hall–Kier alpha value is -2.17. The van der Waals surface area contributed by atoms with Gasteiger partial charge < -0.3 is 9.64 Å². The average molecular weight is 303 g/mol. The second kappa shape index (κ2) is 7.20. The highest BCUT2D eigenvalue weighted by atomic mass is 16.5. The van der Waals surface area contributed by atoms with Crippen LogP contribution in [0.15, 0.2) is 30.3 Å². The highest BCUT2D eigenvalue weighted by Crippen LogP contribution is 2.29. The molecule has 1 amide bonds. The normalized spacial score (nSPS) is 19.1. The number of likely N-dealkylation sites (tertiary alicyclic amines) is 1. The summed E-state index contributed by atoms with van der Waals surface area (Å²) in [4.78, 5) is 37.4. The Bertz CT molecular complexity index is 555. The van der Waals surface area contributed by atoms with Crippen LogP contribution < -0.4 is 0 Å². The van der Waals surface area contributed by atoms with Crippen LogP contribution in [0.3, 0.4) is 0 Å². The van der Waals surface area contributed by atoms with Crippen molar-refractivity contribution < 1.29 is 19.1 Å². The van der Waals surface area contributed by atoms with E-state index in [1.807, 2.05) is 37.3 Å². The fourth-order valence-corrected chi connectivity index (χ4v) is 2.73. The molecule has 1 fully saturated rings. The molecule has 0 saturated carbocycles. The van der Waals surface area contributed by atoms with Crippen molar-refractivity contribution >= 4 is 17.7 Å². The topological polar surface area (TPSA) is 63.7 Å². The van der Waals surface area contributed by atoms with Crippen molar-refractivity contribution in [2.45, 2.75) is 32.7 Å². The van der Waals surface area contributed by atoms with Gasteiger partial charge in [-0.2, -0.15) is 0 Å². The summed E-state index contributed by atoms with van der Waals surface area (Å²) in [7, 11) is 0. The van der Waals surface area contributed by atoms with E-state index in [1.54, 1.807) is 11.8 Å². The Morgan fingerprint density at radius 2 is 2.00 bits per heavy atom. The van der Waals surface area contributed by atoms with Gasteiger partial charge in [-0.05, 0) is 19.4 Å². The van der Waals surface area contributed by atoms with Gasteiger partial charge in [-0.3, -0.25) is 14.4 Å². The van der Waals surface area contributed by atoms with Gasteiger partial charge in [0.25, 0.3) is 0 Å². The van der Waals surface area contributed by atoms with Crippen LogP contribution in [0.2, 0.25) is 0 Å². The van der Waals surface area contributed by atoms with Crippen LogP contribution in [0.1, 0.15) is 38.3 Å². The molecule has 0 bridgehead atoms. The molecule has 1 aliphatic heterocycles. The van der Waals surface area contributed by atoms with Gasteiger partial charge in [-0.15, -0.1) is 0 Å². The number of carbonyl (C=O) groups is 3. The number of benzene rings is 1. The Labute approximate surface area is 130 Å². The zero-order valence-corrected chi connectivity index (χ0v) is 13.0. The van der Waals surface area contributed by atoms with Gasteiger partial charge in [0.15, 0.2) is 0 Å². The molecule has 1 heterocycles. The minimum Gasteiger partial charge on any atom is -0.466 e. The van der Waals surface area contributed by atoms with Crippen molar-refractivity contribution in [2.75, 3.05) is 13.2 Å². The molecule has 22 heavy (non-hydrogen) atoms. The van der Waals surface area contributed by atoms with Crippen LogP contribution in [0.5, 0.6) is 0 Å². The van der Waals surface area contributed by atoms with Crippen LogP contribution in [-0.2, 0) is 19.1 Å². The smallest absolute Gasteiger partial charge is 0.313 e. The predicted molar refractivity (Wildman–Crippen MR) is 80.9 cm³/mol. The second-order valence-electron chi connectivity index (χ2n) is 5.48. The maximum absolute atomic E-state index is 12.2. The zero-order valence-electron chi connectivity index (χ0n) is 13.0. The van der Waals surface area contributed by atoms with Gasteiger partial charge in [-0.25, -0.2) is 0 Å². The van der Waals surface area contributed by atoms with Crippen molar-refractivity contribution in [2.24, 2.45) is 5.92 Å². The van der Waals surface area contributed by atoms with Crippen LogP contribution in [0.4, 0.5) is 0 Å². The number of carbonyl (C=O) groups excluding carboxylic acids is 3. The van der Waals surface area contributed by atoms with Crippen molar-refractivity contribution in [1.29, 1.82) is 0 Å². The van der Waals surface area contributed by atoms with E-state index in [0.717, 1.165) is 5.56 Å². The standard InChI is InChI=1S/C17H21NO4/c1-3-22-17(21)10-15(19)14-9-16(20)18(11-14)12(2)13-7-5-4-6-8-13/h4-8,12,14H,3,9-11H2,1-2H3/t12-,14+/m1/s1. The first-order valence-corrected chi connectivity index (χ1v) is 7.55. The maximum Gasteiger partial charge on any atom is 0.313 e. The summed E-state index contributed by atoms with van der Waals surface area (Å²) in [5, 5.41) is 0. The van der Waals surface area contributed by atoms with E-state index in [9.17, 15) is 14.4 Å².